The molecule has 0 rings (SSSR count). The lowest BCUT2D eigenvalue weighted by molar-refractivity contribution is -0.0819. The molecule has 0 saturated heterocycles. The van der Waals surface area contributed by atoms with Gasteiger partial charge in [-0.1, -0.05) is 0 Å². The number of ether oxygens (including phenoxy) is 1. The molecule has 0 aromatic carbocycles. The van der Waals surface area contributed by atoms with Crippen molar-refractivity contribution >= 4 is 0 Å². The maximum absolute atomic E-state index is 8.88. The summed E-state index contributed by atoms with van der Waals surface area (Å²) >= 11 is 0. The fraction of sp³-hybridized carbons (Fsp3) is 1.00. The highest BCUT2D eigenvalue weighted by Gasteiger charge is 2.01. The Balaban J connectivity index is 3.01. The Morgan fingerprint density at radius 3 is 2.09 bits per heavy atom. The molecule has 1 unspecified atom stereocenters. The molecule has 0 aliphatic rings. The summed E-state index contributed by atoms with van der Waals surface area (Å²) in [5.74, 6) is 0. The minimum atomic E-state index is -1.23. The maximum atomic E-state index is 8.88. The number of hydrogen-bond donors (Lipinski definition) is 3. The van der Waals surface area contributed by atoms with Crippen LogP contribution in [0.15, 0.2) is 0 Å². The summed E-state index contributed by atoms with van der Waals surface area (Å²) in [4.78, 5) is 0. The Hall–Kier alpha value is -0.160. The van der Waals surface area contributed by atoms with E-state index in [0.717, 1.165) is 6.42 Å². The zero-order chi connectivity index (χ0) is 8.69. The predicted octanol–water partition coefficient (Wildman–Crippen LogP) is -0.178. The van der Waals surface area contributed by atoms with Gasteiger partial charge in [0.2, 0.25) is 0 Å². The first kappa shape index (κ1) is 10.8. The molecule has 68 valence electrons. The summed E-state index contributed by atoms with van der Waals surface area (Å²) in [6, 6.07) is 0. The third kappa shape index (κ3) is 7.74. The second-order valence-corrected chi connectivity index (χ2v) is 2.46. The third-order valence-corrected chi connectivity index (χ3v) is 1.44. The van der Waals surface area contributed by atoms with Crippen molar-refractivity contribution in [2.24, 2.45) is 0 Å². The van der Waals surface area contributed by atoms with Gasteiger partial charge in [-0.2, -0.15) is 0 Å². The highest BCUT2D eigenvalue weighted by atomic mass is 16.6. The average Bonchev–Trinajstić information content (AvgIpc) is 1.97. The number of methoxy groups -OCH3 is 1. The topological polar surface area (TPSA) is 69.9 Å². The first-order chi connectivity index (χ1) is 5.16. The normalized spacial score (nSPS) is 13.9. The van der Waals surface area contributed by atoms with E-state index in [1.54, 1.807) is 0 Å². The summed E-state index contributed by atoms with van der Waals surface area (Å²) in [6.07, 6.45) is 0.394. The van der Waals surface area contributed by atoms with Gasteiger partial charge in [-0.25, -0.2) is 0 Å². The van der Waals surface area contributed by atoms with E-state index in [1.165, 1.54) is 7.11 Å². The lowest BCUT2D eigenvalue weighted by atomic mass is 10.2. The molecule has 0 aromatic rings. The van der Waals surface area contributed by atoms with Crippen molar-refractivity contribution in [2.45, 2.75) is 38.3 Å². The first-order valence-electron chi connectivity index (χ1n) is 3.74. The second kappa shape index (κ2) is 6.54. The summed E-state index contributed by atoms with van der Waals surface area (Å²) in [5, 5.41) is 25.7. The summed E-state index contributed by atoms with van der Waals surface area (Å²) in [6.45, 7) is 0. The number of aliphatic hydroxyl groups excluding tert-OH is 2. The van der Waals surface area contributed by atoms with Crippen LogP contribution in [0.5, 0.6) is 0 Å². The molecule has 0 heterocycles. The summed E-state index contributed by atoms with van der Waals surface area (Å²) < 4.78 is 4.59. The number of hydrogen-bond acceptors (Lipinski definition) is 4. The van der Waals surface area contributed by atoms with Gasteiger partial charge in [0.15, 0.2) is 12.6 Å². The van der Waals surface area contributed by atoms with Gasteiger partial charge < -0.3 is 20.1 Å². The van der Waals surface area contributed by atoms with Crippen LogP contribution in [0.1, 0.15) is 25.7 Å². The monoisotopic (exact) mass is 164 g/mol. The maximum Gasteiger partial charge on any atom is 0.154 e. The fourth-order valence-electron chi connectivity index (χ4n) is 0.764. The lowest BCUT2D eigenvalue weighted by Gasteiger charge is -2.07. The summed E-state index contributed by atoms with van der Waals surface area (Å²) in [7, 11) is 1.44. The summed E-state index contributed by atoms with van der Waals surface area (Å²) in [5.41, 5.74) is 0. The Morgan fingerprint density at radius 1 is 1.09 bits per heavy atom. The molecular weight excluding hydrogens is 148 g/mol. The SMILES string of the molecule is COC(O)CCCCC(O)O. The van der Waals surface area contributed by atoms with Crippen molar-refractivity contribution in [1.29, 1.82) is 0 Å². The molecule has 0 spiro atoms. The van der Waals surface area contributed by atoms with E-state index < -0.39 is 12.6 Å². The quantitative estimate of drug-likeness (QED) is 0.376. The molecule has 11 heavy (non-hydrogen) atoms. The molecule has 0 aromatic heterocycles. The van der Waals surface area contributed by atoms with E-state index in [4.69, 9.17) is 15.3 Å². The molecule has 0 fully saturated rings. The molecule has 4 heteroatoms. The van der Waals surface area contributed by atoms with Gasteiger partial charge in [-0.3, -0.25) is 0 Å². The molecule has 0 radical (unpaired) electrons. The van der Waals surface area contributed by atoms with Gasteiger partial charge in [0.1, 0.15) is 0 Å². The van der Waals surface area contributed by atoms with Gasteiger partial charge in [0.25, 0.3) is 0 Å². The van der Waals surface area contributed by atoms with Crippen LogP contribution in [0.25, 0.3) is 0 Å². The zero-order valence-electron chi connectivity index (χ0n) is 6.73. The molecular formula is C7H16O4. The van der Waals surface area contributed by atoms with E-state index in [0.29, 0.717) is 19.3 Å². The standard InChI is InChI=1S/C7H16O4/c1-11-7(10)5-3-2-4-6(8)9/h6-10H,2-5H2,1H3. The van der Waals surface area contributed by atoms with E-state index >= 15 is 0 Å². The van der Waals surface area contributed by atoms with Crippen LogP contribution in [0.4, 0.5) is 0 Å². The molecule has 0 saturated carbocycles. The molecule has 0 amide bonds. The third-order valence-electron chi connectivity index (χ3n) is 1.44. The van der Waals surface area contributed by atoms with E-state index in [9.17, 15) is 0 Å². The fourth-order valence-corrected chi connectivity index (χ4v) is 0.764. The molecule has 0 bridgehead atoms. The molecule has 4 nitrogen and oxygen atoms in total. The second-order valence-electron chi connectivity index (χ2n) is 2.46. The van der Waals surface area contributed by atoms with E-state index in [1.807, 2.05) is 0 Å². The van der Waals surface area contributed by atoms with Crippen LogP contribution in [0.3, 0.4) is 0 Å². The van der Waals surface area contributed by atoms with Gasteiger partial charge in [0, 0.05) is 7.11 Å². The van der Waals surface area contributed by atoms with Crippen molar-refractivity contribution in [3.8, 4) is 0 Å². The smallest absolute Gasteiger partial charge is 0.154 e. The molecule has 0 aliphatic carbocycles. The largest absolute Gasteiger partial charge is 0.368 e. The van der Waals surface area contributed by atoms with Crippen molar-refractivity contribution < 1.29 is 20.1 Å². The van der Waals surface area contributed by atoms with Gasteiger partial charge in [-0.05, 0) is 25.7 Å². The van der Waals surface area contributed by atoms with Crippen molar-refractivity contribution in [2.75, 3.05) is 7.11 Å². The van der Waals surface area contributed by atoms with Crippen molar-refractivity contribution in [3.63, 3.8) is 0 Å². The van der Waals surface area contributed by atoms with Gasteiger partial charge >= 0.3 is 0 Å². The molecule has 0 aliphatic heterocycles. The van der Waals surface area contributed by atoms with E-state index in [2.05, 4.69) is 4.74 Å². The number of rotatable bonds is 6. The first-order valence-corrected chi connectivity index (χ1v) is 3.74. The Labute approximate surface area is 66.4 Å². The zero-order valence-corrected chi connectivity index (χ0v) is 6.73. The minimum Gasteiger partial charge on any atom is -0.368 e. The van der Waals surface area contributed by atoms with Crippen LogP contribution in [0, 0.1) is 0 Å². The predicted molar refractivity (Wildman–Crippen MR) is 39.7 cm³/mol. The average molecular weight is 164 g/mol. The van der Waals surface area contributed by atoms with Crippen LogP contribution < -0.4 is 0 Å². The van der Waals surface area contributed by atoms with Gasteiger partial charge in [-0.15, -0.1) is 0 Å². The Kier molecular flexibility index (Phi) is 6.45. The highest BCUT2D eigenvalue weighted by molar-refractivity contribution is 4.46. The number of aliphatic hydroxyl groups is 3. The van der Waals surface area contributed by atoms with Crippen LogP contribution in [-0.2, 0) is 4.74 Å². The number of unbranched alkanes of at least 4 members (excludes halogenated alkanes) is 1. The van der Waals surface area contributed by atoms with E-state index in [-0.39, 0.29) is 0 Å². The molecule has 3 N–H and O–H groups in total. The van der Waals surface area contributed by atoms with Crippen molar-refractivity contribution in [1.82, 2.24) is 0 Å². The highest BCUT2D eigenvalue weighted by Crippen LogP contribution is 2.04. The Morgan fingerprint density at radius 2 is 1.64 bits per heavy atom. The van der Waals surface area contributed by atoms with Crippen LogP contribution >= 0.6 is 0 Å². The molecule has 1 atom stereocenters. The van der Waals surface area contributed by atoms with Crippen LogP contribution in [0.2, 0.25) is 0 Å². The minimum absolute atomic E-state index is 0.358. The van der Waals surface area contributed by atoms with Crippen LogP contribution in [-0.4, -0.2) is 35.0 Å². The Bertz CT molecular complexity index is 84.5. The van der Waals surface area contributed by atoms with Crippen molar-refractivity contribution in [3.05, 3.63) is 0 Å². The van der Waals surface area contributed by atoms with Gasteiger partial charge in [0.05, 0.1) is 0 Å². The lowest BCUT2D eigenvalue weighted by Crippen LogP contribution is -2.09.